The standard InChI is InChI=1S/C19H17F3N4O5/c1-30-5-6-31-14-8-12(19(20,21)22)7-13(9-14)24-17(27)10-25-11-23-15-3-2-4-16(18(15)25)26(28)29/h2-4,7-9,11H,5-6,10H2,1H3,(H,24,27). The summed E-state index contributed by atoms with van der Waals surface area (Å²) in [7, 11) is 1.42. The zero-order chi connectivity index (χ0) is 22.6. The number of rotatable bonds is 8. The van der Waals surface area contributed by atoms with Crippen LogP contribution < -0.4 is 10.1 Å². The van der Waals surface area contributed by atoms with Gasteiger partial charge in [-0.1, -0.05) is 6.07 Å². The smallest absolute Gasteiger partial charge is 0.416 e. The van der Waals surface area contributed by atoms with Crippen LogP contribution in [-0.4, -0.2) is 40.7 Å². The molecule has 1 aromatic heterocycles. The molecular weight excluding hydrogens is 421 g/mol. The molecule has 1 amide bonds. The Morgan fingerprint density at radius 3 is 2.71 bits per heavy atom. The maximum Gasteiger partial charge on any atom is 0.416 e. The summed E-state index contributed by atoms with van der Waals surface area (Å²) < 4.78 is 50.9. The highest BCUT2D eigenvalue weighted by atomic mass is 19.4. The van der Waals surface area contributed by atoms with Gasteiger partial charge in [0.05, 0.1) is 28.9 Å². The molecule has 1 N–H and O–H groups in total. The largest absolute Gasteiger partial charge is 0.491 e. The Morgan fingerprint density at radius 1 is 1.26 bits per heavy atom. The fourth-order valence-electron chi connectivity index (χ4n) is 2.89. The summed E-state index contributed by atoms with van der Waals surface area (Å²) in [4.78, 5) is 27.1. The molecule has 31 heavy (non-hydrogen) atoms. The number of imidazole rings is 1. The van der Waals surface area contributed by atoms with Crippen molar-refractivity contribution in [1.82, 2.24) is 9.55 Å². The number of halogens is 3. The number of hydrogen-bond donors (Lipinski definition) is 1. The van der Waals surface area contributed by atoms with Gasteiger partial charge in [0.2, 0.25) is 5.91 Å². The number of nitro benzene ring substituents is 1. The molecule has 0 aliphatic rings. The number of carbonyl (C=O) groups is 1. The van der Waals surface area contributed by atoms with Crippen LogP contribution in [0.4, 0.5) is 24.5 Å². The summed E-state index contributed by atoms with van der Waals surface area (Å²) in [5.41, 5.74) is -0.923. The molecule has 0 aliphatic carbocycles. The van der Waals surface area contributed by atoms with Gasteiger partial charge in [-0.3, -0.25) is 14.9 Å². The Labute approximate surface area is 173 Å². The van der Waals surface area contributed by atoms with E-state index in [0.29, 0.717) is 5.52 Å². The zero-order valence-corrected chi connectivity index (χ0v) is 16.2. The molecule has 0 spiro atoms. The highest BCUT2D eigenvalue weighted by Crippen LogP contribution is 2.34. The lowest BCUT2D eigenvalue weighted by atomic mass is 10.1. The Morgan fingerprint density at radius 2 is 2.03 bits per heavy atom. The number of carbonyl (C=O) groups excluding carboxylic acids is 1. The minimum absolute atomic E-state index is 0.0237. The number of methoxy groups -OCH3 is 1. The number of hydrogen-bond acceptors (Lipinski definition) is 6. The molecule has 0 bridgehead atoms. The minimum Gasteiger partial charge on any atom is -0.491 e. The topological polar surface area (TPSA) is 109 Å². The van der Waals surface area contributed by atoms with Crippen molar-refractivity contribution in [2.45, 2.75) is 12.7 Å². The Hall–Kier alpha value is -3.67. The van der Waals surface area contributed by atoms with Crippen LogP contribution in [-0.2, 0) is 22.3 Å². The lowest BCUT2D eigenvalue weighted by Gasteiger charge is -2.14. The third kappa shape index (κ3) is 5.28. The molecule has 0 unspecified atom stereocenters. The van der Waals surface area contributed by atoms with Crippen LogP contribution in [0.15, 0.2) is 42.7 Å². The Balaban J connectivity index is 1.84. The molecule has 12 heteroatoms. The first-order valence-electron chi connectivity index (χ1n) is 8.91. The number of para-hydroxylation sites is 1. The van der Waals surface area contributed by atoms with Crippen molar-refractivity contribution in [3.05, 3.63) is 58.4 Å². The van der Waals surface area contributed by atoms with Gasteiger partial charge in [0.1, 0.15) is 24.4 Å². The predicted octanol–water partition coefficient (Wildman–Crippen LogP) is 3.63. The third-order valence-corrected chi connectivity index (χ3v) is 4.20. The molecule has 9 nitrogen and oxygen atoms in total. The number of aromatic nitrogens is 2. The average Bonchev–Trinajstić information content (AvgIpc) is 3.10. The number of non-ortho nitro benzene ring substituents is 1. The van der Waals surface area contributed by atoms with Gasteiger partial charge in [-0.05, 0) is 18.2 Å². The first-order valence-corrected chi connectivity index (χ1v) is 8.91. The number of ether oxygens (including phenoxy) is 2. The predicted molar refractivity (Wildman–Crippen MR) is 104 cm³/mol. The lowest BCUT2D eigenvalue weighted by molar-refractivity contribution is -0.383. The van der Waals surface area contributed by atoms with Crippen molar-refractivity contribution in [2.24, 2.45) is 0 Å². The summed E-state index contributed by atoms with van der Waals surface area (Å²) in [5.74, 6) is -0.787. The molecule has 0 aliphatic heterocycles. The molecule has 0 saturated heterocycles. The van der Waals surface area contributed by atoms with E-state index >= 15 is 0 Å². The number of benzene rings is 2. The van der Waals surface area contributed by atoms with E-state index in [0.717, 1.165) is 12.1 Å². The fourth-order valence-corrected chi connectivity index (χ4v) is 2.89. The van der Waals surface area contributed by atoms with E-state index in [1.54, 1.807) is 6.07 Å². The van der Waals surface area contributed by atoms with Crippen molar-refractivity contribution in [1.29, 1.82) is 0 Å². The van der Waals surface area contributed by atoms with Crippen LogP contribution in [0.3, 0.4) is 0 Å². The maximum atomic E-state index is 13.2. The summed E-state index contributed by atoms with van der Waals surface area (Å²) in [5, 5.41) is 13.6. The first kappa shape index (κ1) is 22.0. The van der Waals surface area contributed by atoms with Crippen LogP contribution in [0.5, 0.6) is 5.75 Å². The van der Waals surface area contributed by atoms with Crippen LogP contribution in [0, 0.1) is 10.1 Å². The molecule has 164 valence electrons. The Kier molecular flexibility index (Phi) is 6.39. The van der Waals surface area contributed by atoms with E-state index in [1.165, 1.54) is 36.2 Å². The van der Waals surface area contributed by atoms with Crippen molar-refractivity contribution >= 4 is 28.3 Å². The number of fused-ring (bicyclic) bond motifs is 1. The van der Waals surface area contributed by atoms with Gasteiger partial charge < -0.3 is 19.4 Å². The minimum atomic E-state index is -4.65. The van der Waals surface area contributed by atoms with Crippen molar-refractivity contribution in [3.63, 3.8) is 0 Å². The van der Waals surface area contributed by atoms with Gasteiger partial charge in [-0.25, -0.2) is 4.98 Å². The van der Waals surface area contributed by atoms with E-state index < -0.39 is 29.1 Å². The van der Waals surface area contributed by atoms with Gasteiger partial charge >= 0.3 is 6.18 Å². The Bertz CT molecular complexity index is 1110. The summed E-state index contributed by atoms with van der Waals surface area (Å²) >= 11 is 0. The molecular formula is C19H17F3N4O5. The van der Waals surface area contributed by atoms with Gasteiger partial charge in [0, 0.05) is 24.9 Å². The number of alkyl halides is 3. The number of nitrogens with zero attached hydrogens (tertiary/aromatic N) is 3. The SMILES string of the molecule is COCCOc1cc(NC(=O)Cn2cnc3cccc([N+](=O)[O-])c32)cc(C(F)(F)F)c1. The van der Waals surface area contributed by atoms with Gasteiger partial charge in [0.15, 0.2) is 0 Å². The fraction of sp³-hybridized carbons (Fsp3) is 0.263. The molecule has 0 saturated carbocycles. The third-order valence-electron chi connectivity index (χ3n) is 4.20. The number of amides is 1. The zero-order valence-electron chi connectivity index (χ0n) is 16.2. The van der Waals surface area contributed by atoms with Crippen molar-refractivity contribution < 1.29 is 32.4 Å². The number of nitro groups is 1. The quantitative estimate of drug-likeness (QED) is 0.327. The number of anilines is 1. The second-order valence-corrected chi connectivity index (χ2v) is 6.41. The van der Waals surface area contributed by atoms with E-state index in [1.807, 2.05) is 0 Å². The van der Waals surface area contributed by atoms with E-state index in [2.05, 4.69) is 10.3 Å². The second kappa shape index (κ2) is 9.00. The van der Waals surface area contributed by atoms with Gasteiger partial charge in [-0.2, -0.15) is 13.2 Å². The average molecular weight is 438 g/mol. The number of nitrogens with one attached hydrogen (secondary N) is 1. The second-order valence-electron chi connectivity index (χ2n) is 6.41. The summed E-state index contributed by atoms with van der Waals surface area (Å²) in [6, 6.07) is 7.12. The molecule has 0 fully saturated rings. The van der Waals surface area contributed by atoms with Crippen molar-refractivity contribution in [3.8, 4) is 5.75 Å². The van der Waals surface area contributed by atoms with Gasteiger partial charge in [0.25, 0.3) is 5.69 Å². The van der Waals surface area contributed by atoms with Crippen LogP contribution in [0.2, 0.25) is 0 Å². The summed E-state index contributed by atoms with van der Waals surface area (Å²) in [6.45, 7) is -0.197. The van der Waals surface area contributed by atoms with E-state index in [4.69, 9.17) is 9.47 Å². The molecule has 1 heterocycles. The molecule has 0 atom stereocenters. The highest BCUT2D eigenvalue weighted by Gasteiger charge is 2.31. The highest BCUT2D eigenvalue weighted by molar-refractivity contribution is 5.93. The molecule has 3 rings (SSSR count). The van der Waals surface area contributed by atoms with Crippen molar-refractivity contribution in [2.75, 3.05) is 25.6 Å². The van der Waals surface area contributed by atoms with Gasteiger partial charge in [-0.15, -0.1) is 0 Å². The van der Waals surface area contributed by atoms with E-state index in [-0.39, 0.29) is 35.9 Å². The lowest BCUT2D eigenvalue weighted by Crippen LogP contribution is -2.19. The monoisotopic (exact) mass is 438 g/mol. The van der Waals surface area contributed by atoms with Crippen LogP contribution >= 0.6 is 0 Å². The molecule has 0 radical (unpaired) electrons. The van der Waals surface area contributed by atoms with E-state index in [9.17, 15) is 28.1 Å². The van der Waals surface area contributed by atoms with Crippen LogP contribution in [0.25, 0.3) is 11.0 Å². The first-order chi connectivity index (χ1) is 14.7. The normalized spacial score (nSPS) is 11.5. The molecule has 3 aromatic rings. The maximum absolute atomic E-state index is 13.2. The summed E-state index contributed by atoms with van der Waals surface area (Å²) in [6.07, 6.45) is -3.40. The molecule has 2 aromatic carbocycles. The van der Waals surface area contributed by atoms with Crippen LogP contribution in [0.1, 0.15) is 5.56 Å².